The molecule has 0 fully saturated rings. The molecule has 0 amide bonds. The van der Waals surface area contributed by atoms with Gasteiger partial charge in [-0.05, 0) is 24.3 Å². The number of aromatic amines is 1. The molecular weight excluding hydrogens is 386 g/mol. The number of benzene rings is 1. The van der Waals surface area contributed by atoms with Crippen LogP contribution in [0.1, 0.15) is 0 Å². The molecule has 27 heavy (non-hydrogen) atoms. The quantitative estimate of drug-likeness (QED) is 0.628. The number of nitrogens with one attached hydrogen (secondary N) is 1. The van der Waals surface area contributed by atoms with Crippen molar-refractivity contribution >= 4 is 18.1 Å². The number of ether oxygens (including phenoxy) is 2. The highest BCUT2D eigenvalue weighted by molar-refractivity contribution is 6.11. The lowest BCUT2D eigenvalue weighted by Gasteiger charge is -2.09. The molecule has 0 atom stereocenters. The number of esters is 1. The molecule has 0 spiro atoms. The molecule has 0 saturated carbocycles. The SMILES string of the molecule is C=c1[nH]n(-c2ccc(OC(F)(F)F)cc2)c(=O)c1=C(C(=O)OC)C(F)(F)F. The average Bonchev–Trinajstić information content (AvgIpc) is 2.81. The molecule has 0 aliphatic heterocycles. The molecule has 2 aromatic rings. The van der Waals surface area contributed by atoms with Crippen LogP contribution < -0.4 is 20.9 Å². The van der Waals surface area contributed by atoms with Crippen molar-refractivity contribution in [3.8, 4) is 11.4 Å². The average molecular weight is 396 g/mol. The smallest absolute Gasteiger partial charge is 0.465 e. The van der Waals surface area contributed by atoms with Crippen molar-refractivity contribution in [2.75, 3.05) is 7.11 Å². The van der Waals surface area contributed by atoms with Crippen LogP contribution >= 0.6 is 0 Å². The van der Waals surface area contributed by atoms with E-state index in [1.54, 1.807) is 0 Å². The Morgan fingerprint density at radius 3 is 2.11 bits per heavy atom. The molecule has 0 aliphatic rings. The second kappa shape index (κ2) is 6.85. The zero-order chi connectivity index (χ0) is 20.6. The van der Waals surface area contributed by atoms with Crippen LogP contribution in [0, 0.1) is 0 Å². The van der Waals surface area contributed by atoms with E-state index in [4.69, 9.17) is 0 Å². The van der Waals surface area contributed by atoms with Crippen LogP contribution in [-0.4, -0.2) is 35.4 Å². The van der Waals surface area contributed by atoms with Crippen LogP contribution in [0.4, 0.5) is 26.3 Å². The number of carbonyl (C=O) groups excluding carboxylic acids is 1. The number of hydrogen-bond donors (Lipinski definition) is 1. The van der Waals surface area contributed by atoms with Crippen molar-refractivity contribution in [3.05, 3.63) is 45.2 Å². The molecule has 0 unspecified atom stereocenters. The summed E-state index contributed by atoms with van der Waals surface area (Å²) in [5.74, 6) is -2.39. The predicted molar refractivity (Wildman–Crippen MR) is 79.3 cm³/mol. The fraction of sp³-hybridized carbons (Fsp3) is 0.200. The molecule has 1 aromatic heterocycles. The van der Waals surface area contributed by atoms with Crippen molar-refractivity contribution in [1.29, 1.82) is 0 Å². The van der Waals surface area contributed by atoms with Crippen molar-refractivity contribution in [2.45, 2.75) is 12.5 Å². The molecule has 12 heteroatoms. The van der Waals surface area contributed by atoms with Crippen molar-refractivity contribution < 1.29 is 40.6 Å². The third-order valence-corrected chi connectivity index (χ3v) is 3.22. The number of hydrogen-bond acceptors (Lipinski definition) is 4. The zero-order valence-corrected chi connectivity index (χ0v) is 13.4. The fourth-order valence-electron chi connectivity index (χ4n) is 2.18. The van der Waals surface area contributed by atoms with E-state index in [0.29, 0.717) is 11.8 Å². The molecule has 0 aliphatic carbocycles. The lowest BCUT2D eigenvalue weighted by atomic mass is 10.2. The molecule has 1 N–H and O–H groups in total. The Morgan fingerprint density at radius 2 is 1.67 bits per heavy atom. The highest BCUT2D eigenvalue weighted by Gasteiger charge is 2.41. The highest BCUT2D eigenvalue weighted by atomic mass is 19.4. The summed E-state index contributed by atoms with van der Waals surface area (Å²) in [4.78, 5) is 23.9. The summed E-state index contributed by atoms with van der Waals surface area (Å²) in [5, 5.41) is 0.631. The van der Waals surface area contributed by atoms with Crippen LogP contribution in [0.5, 0.6) is 5.75 Å². The van der Waals surface area contributed by atoms with Gasteiger partial charge in [-0.1, -0.05) is 6.58 Å². The fourth-order valence-corrected chi connectivity index (χ4v) is 2.18. The normalized spacial score (nSPS) is 13.3. The summed E-state index contributed by atoms with van der Waals surface area (Å²) >= 11 is 0. The van der Waals surface area contributed by atoms with Gasteiger partial charge in [0.05, 0.1) is 23.4 Å². The van der Waals surface area contributed by atoms with E-state index in [2.05, 4.69) is 21.2 Å². The summed E-state index contributed by atoms with van der Waals surface area (Å²) in [6.07, 6.45) is -10.1. The third-order valence-electron chi connectivity index (χ3n) is 3.22. The zero-order valence-electron chi connectivity index (χ0n) is 13.4. The summed E-state index contributed by atoms with van der Waals surface area (Å²) in [6, 6.07) is 3.70. The first-order valence-corrected chi connectivity index (χ1v) is 6.91. The van der Waals surface area contributed by atoms with Gasteiger partial charge in [0.25, 0.3) is 5.56 Å². The first-order chi connectivity index (χ1) is 12.3. The Balaban J connectivity index is 2.65. The Morgan fingerprint density at radius 1 is 1.11 bits per heavy atom. The Bertz CT molecular complexity index is 1020. The van der Waals surface area contributed by atoms with Gasteiger partial charge < -0.3 is 9.47 Å². The third kappa shape index (κ3) is 4.33. The predicted octanol–water partition coefficient (Wildman–Crippen LogP) is 1.36. The van der Waals surface area contributed by atoms with Gasteiger partial charge in [-0.25, -0.2) is 9.48 Å². The summed E-state index contributed by atoms with van der Waals surface area (Å²) in [7, 11) is 0.710. The Labute approximate surface area is 145 Å². The topological polar surface area (TPSA) is 73.3 Å². The molecule has 0 radical (unpaired) electrons. The number of H-pyrrole nitrogens is 1. The molecule has 0 saturated heterocycles. The van der Waals surface area contributed by atoms with Gasteiger partial charge in [0.2, 0.25) is 0 Å². The van der Waals surface area contributed by atoms with Crippen LogP contribution in [0.2, 0.25) is 0 Å². The van der Waals surface area contributed by atoms with Crippen LogP contribution in [-0.2, 0) is 9.53 Å². The number of methoxy groups -OCH3 is 1. The molecule has 1 aromatic carbocycles. The standard InChI is InChI=1S/C15H10F6N2O4/c1-7-10(11(13(25)26-2)14(16,17)18)12(24)23(22-7)8-3-5-9(6-4-8)27-15(19,20)21/h3-6,22H,1H2,2H3. The van der Waals surface area contributed by atoms with Gasteiger partial charge in [0, 0.05) is 0 Å². The lowest BCUT2D eigenvalue weighted by molar-refractivity contribution is -0.274. The minimum absolute atomic E-state index is 0.114. The monoisotopic (exact) mass is 396 g/mol. The maximum Gasteiger partial charge on any atom is 0.573 e. The summed E-state index contributed by atoms with van der Waals surface area (Å²) in [5.41, 5.74) is -3.26. The maximum atomic E-state index is 13.2. The van der Waals surface area contributed by atoms with E-state index < -0.39 is 46.0 Å². The van der Waals surface area contributed by atoms with Gasteiger partial charge in [0.1, 0.15) is 5.75 Å². The Hall–Kier alpha value is -3.18. The van der Waals surface area contributed by atoms with E-state index in [1.807, 2.05) is 0 Å². The Kier molecular flexibility index (Phi) is 5.11. The first-order valence-electron chi connectivity index (χ1n) is 6.91. The summed E-state index contributed by atoms with van der Waals surface area (Å²) < 4.78 is 84.3. The maximum absolute atomic E-state index is 13.2. The molecule has 6 nitrogen and oxygen atoms in total. The van der Waals surface area contributed by atoms with Gasteiger partial charge in [-0.2, -0.15) is 13.2 Å². The van der Waals surface area contributed by atoms with Crippen LogP contribution in [0.25, 0.3) is 17.8 Å². The minimum Gasteiger partial charge on any atom is -0.465 e. The molecule has 1 heterocycles. The van der Waals surface area contributed by atoms with Crippen molar-refractivity contribution in [3.63, 3.8) is 0 Å². The van der Waals surface area contributed by atoms with Crippen molar-refractivity contribution in [1.82, 2.24) is 9.78 Å². The number of carbonyl (C=O) groups is 1. The van der Waals surface area contributed by atoms with Gasteiger partial charge in [0.15, 0.2) is 5.57 Å². The van der Waals surface area contributed by atoms with Gasteiger partial charge in [-0.15, -0.1) is 13.2 Å². The lowest BCUT2D eigenvalue weighted by Crippen LogP contribution is -2.42. The number of halogens is 6. The number of aromatic nitrogens is 2. The van der Waals surface area contributed by atoms with E-state index in [1.165, 1.54) is 0 Å². The first kappa shape index (κ1) is 20.1. The molecule has 0 bridgehead atoms. The minimum atomic E-state index is -5.21. The highest BCUT2D eigenvalue weighted by Crippen LogP contribution is 2.26. The molecular formula is C15H10F6N2O4. The van der Waals surface area contributed by atoms with E-state index in [-0.39, 0.29) is 5.69 Å². The van der Waals surface area contributed by atoms with E-state index >= 15 is 0 Å². The van der Waals surface area contributed by atoms with Gasteiger partial charge in [-0.3, -0.25) is 9.89 Å². The summed E-state index contributed by atoms with van der Waals surface area (Å²) in [6.45, 7) is 3.27. The number of rotatable bonds is 3. The number of alkyl halides is 6. The van der Waals surface area contributed by atoms with Crippen molar-refractivity contribution in [2.24, 2.45) is 0 Å². The van der Waals surface area contributed by atoms with Crippen LogP contribution in [0.15, 0.2) is 29.1 Å². The van der Waals surface area contributed by atoms with Crippen LogP contribution in [0.3, 0.4) is 0 Å². The second-order valence-electron chi connectivity index (χ2n) is 5.01. The van der Waals surface area contributed by atoms with E-state index in [0.717, 1.165) is 24.3 Å². The number of nitrogens with zero attached hydrogens (tertiary/aromatic N) is 1. The van der Waals surface area contributed by atoms with E-state index in [9.17, 15) is 35.9 Å². The largest absolute Gasteiger partial charge is 0.573 e. The second-order valence-corrected chi connectivity index (χ2v) is 5.01. The molecule has 146 valence electrons. The molecule has 2 rings (SSSR count). The van der Waals surface area contributed by atoms with Gasteiger partial charge >= 0.3 is 18.5 Å².